The summed E-state index contributed by atoms with van der Waals surface area (Å²) in [5.41, 5.74) is 1.23. The molecule has 1 N–H and O–H groups in total. The highest BCUT2D eigenvalue weighted by Gasteiger charge is 2.13. The number of carbonyl (C=O) groups excluding carboxylic acids is 1. The molecule has 0 radical (unpaired) electrons. The molecule has 0 aliphatic rings. The zero-order valence-corrected chi connectivity index (χ0v) is 12.6. The molecular formula is C17H27NO. The Labute approximate surface area is 117 Å². The van der Waals surface area contributed by atoms with E-state index in [1.165, 1.54) is 5.56 Å². The van der Waals surface area contributed by atoms with E-state index in [9.17, 15) is 4.79 Å². The van der Waals surface area contributed by atoms with Crippen LogP contribution in [0, 0.1) is 5.92 Å². The van der Waals surface area contributed by atoms with Gasteiger partial charge in [0.2, 0.25) is 5.91 Å². The van der Waals surface area contributed by atoms with Crippen LogP contribution in [-0.2, 0) is 4.79 Å². The SMILES string of the molecule is CC(C)CCC(C)NC(=O)CC(C)c1ccccc1. The molecule has 1 amide bonds. The summed E-state index contributed by atoms with van der Waals surface area (Å²) in [5.74, 6) is 1.13. The maximum absolute atomic E-state index is 12.0. The lowest BCUT2D eigenvalue weighted by molar-refractivity contribution is -0.122. The molecule has 0 fully saturated rings. The van der Waals surface area contributed by atoms with Crippen LogP contribution < -0.4 is 5.32 Å². The van der Waals surface area contributed by atoms with Crippen LogP contribution >= 0.6 is 0 Å². The monoisotopic (exact) mass is 261 g/mol. The normalized spacial score (nSPS) is 14.2. The van der Waals surface area contributed by atoms with Crippen molar-refractivity contribution in [1.29, 1.82) is 0 Å². The standard InChI is InChI=1S/C17H27NO/c1-13(2)10-11-15(4)18-17(19)12-14(3)16-8-6-5-7-9-16/h5-9,13-15H,10-12H2,1-4H3,(H,18,19). The molecule has 106 valence electrons. The smallest absolute Gasteiger partial charge is 0.220 e. The zero-order chi connectivity index (χ0) is 14.3. The van der Waals surface area contributed by atoms with Gasteiger partial charge in [0.25, 0.3) is 0 Å². The van der Waals surface area contributed by atoms with Crippen LogP contribution in [-0.4, -0.2) is 11.9 Å². The summed E-state index contributed by atoms with van der Waals surface area (Å²) in [7, 11) is 0. The third kappa shape index (κ3) is 6.42. The summed E-state index contributed by atoms with van der Waals surface area (Å²) in [6, 6.07) is 10.5. The molecule has 0 heterocycles. The van der Waals surface area contributed by atoms with E-state index in [0.29, 0.717) is 12.3 Å². The summed E-state index contributed by atoms with van der Waals surface area (Å²) in [5, 5.41) is 3.10. The van der Waals surface area contributed by atoms with Gasteiger partial charge in [-0.15, -0.1) is 0 Å². The minimum Gasteiger partial charge on any atom is -0.354 e. The van der Waals surface area contributed by atoms with E-state index in [0.717, 1.165) is 12.8 Å². The van der Waals surface area contributed by atoms with Crippen LogP contribution in [0.2, 0.25) is 0 Å². The van der Waals surface area contributed by atoms with Gasteiger partial charge in [0.1, 0.15) is 0 Å². The van der Waals surface area contributed by atoms with Gasteiger partial charge >= 0.3 is 0 Å². The predicted octanol–water partition coefficient (Wildman–Crippen LogP) is 4.12. The third-order valence-corrected chi connectivity index (χ3v) is 3.44. The molecule has 1 aromatic rings. The Morgan fingerprint density at radius 2 is 1.68 bits per heavy atom. The Bertz CT molecular complexity index is 372. The van der Waals surface area contributed by atoms with Gasteiger partial charge in [-0.05, 0) is 37.2 Å². The van der Waals surface area contributed by atoms with Gasteiger partial charge in [0.15, 0.2) is 0 Å². The number of nitrogens with one attached hydrogen (secondary N) is 1. The second-order valence-electron chi connectivity index (χ2n) is 5.96. The van der Waals surface area contributed by atoms with E-state index in [1.807, 2.05) is 18.2 Å². The van der Waals surface area contributed by atoms with E-state index in [-0.39, 0.29) is 17.9 Å². The molecule has 1 aromatic carbocycles. The quantitative estimate of drug-likeness (QED) is 0.786. The average molecular weight is 261 g/mol. The van der Waals surface area contributed by atoms with Crippen molar-refractivity contribution in [2.24, 2.45) is 5.92 Å². The topological polar surface area (TPSA) is 29.1 Å². The van der Waals surface area contributed by atoms with E-state index in [2.05, 4.69) is 45.1 Å². The van der Waals surface area contributed by atoms with E-state index in [4.69, 9.17) is 0 Å². The van der Waals surface area contributed by atoms with Crippen LogP contribution in [0.15, 0.2) is 30.3 Å². The largest absolute Gasteiger partial charge is 0.354 e. The first-order valence-electron chi connectivity index (χ1n) is 7.33. The lowest BCUT2D eigenvalue weighted by Crippen LogP contribution is -2.33. The fraction of sp³-hybridized carbons (Fsp3) is 0.588. The highest BCUT2D eigenvalue weighted by molar-refractivity contribution is 5.77. The predicted molar refractivity (Wildman–Crippen MR) is 81.2 cm³/mol. The van der Waals surface area contributed by atoms with E-state index in [1.54, 1.807) is 0 Å². The van der Waals surface area contributed by atoms with Gasteiger partial charge in [-0.1, -0.05) is 51.1 Å². The maximum atomic E-state index is 12.0. The van der Waals surface area contributed by atoms with Crippen molar-refractivity contribution in [2.75, 3.05) is 0 Å². The highest BCUT2D eigenvalue weighted by atomic mass is 16.1. The number of rotatable bonds is 7. The molecule has 19 heavy (non-hydrogen) atoms. The molecule has 2 atom stereocenters. The van der Waals surface area contributed by atoms with Gasteiger partial charge in [0, 0.05) is 12.5 Å². The Morgan fingerprint density at radius 1 is 1.05 bits per heavy atom. The van der Waals surface area contributed by atoms with E-state index < -0.39 is 0 Å². The summed E-state index contributed by atoms with van der Waals surface area (Å²) in [6.07, 6.45) is 2.79. The number of hydrogen-bond acceptors (Lipinski definition) is 1. The number of hydrogen-bond donors (Lipinski definition) is 1. The van der Waals surface area contributed by atoms with Gasteiger partial charge in [0.05, 0.1) is 0 Å². The molecule has 2 heteroatoms. The molecule has 2 unspecified atom stereocenters. The summed E-state index contributed by atoms with van der Waals surface area (Å²) in [4.78, 5) is 12.0. The fourth-order valence-electron chi connectivity index (χ4n) is 2.17. The second-order valence-corrected chi connectivity index (χ2v) is 5.96. The van der Waals surface area contributed by atoms with Crippen molar-refractivity contribution in [3.8, 4) is 0 Å². The lowest BCUT2D eigenvalue weighted by Gasteiger charge is -2.17. The first-order chi connectivity index (χ1) is 8.99. The van der Waals surface area contributed by atoms with Gasteiger partial charge < -0.3 is 5.32 Å². The van der Waals surface area contributed by atoms with Crippen LogP contribution in [0.25, 0.3) is 0 Å². The second kappa shape index (κ2) is 7.98. The number of amides is 1. The first-order valence-corrected chi connectivity index (χ1v) is 7.33. The van der Waals surface area contributed by atoms with Crippen molar-refractivity contribution >= 4 is 5.91 Å². The molecule has 0 aliphatic heterocycles. The molecule has 1 rings (SSSR count). The molecular weight excluding hydrogens is 234 g/mol. The van der Waals surface area contributed by atoms with Crippen molar-refractivity contribution in [1.82, 2.24) is 5.32 Å². The molecule has 0 aromatic heterocycles. The zero-order valence-electron chi connectivity index (χ0n) is 12.6. The minimum atomic E-state index is 0.160. The molecule has 0 saturated carbocycles. The van der Waals surface area contributed by atoms with Crippen molar-refractivity contribution in [2.45, 2.75) is 58.9 Å². The molecule has 0 bridgehead atoms. The van der Waals surface area contributed by atoms with E-state index >= 15 is 0 Å². The first kappa shape index (κ1) is 15.7. The summed E-state index contributed by atoms with van der Waals surface area (Å²) in [6.45, 7) is 8.62. The maximum Gasteiger partial charge on any atom is 0.220 e. The Morgan fingerprint density at radius 3 is 2.26 bits per heavy atom. The molecule has 0 saturated heterocycles. The molecule has 0 aliphatic carbocycles. The van der Waals surface area contributed by atoms with Gasteiger partial charge in [-0.25, -0.2) is 0 Å². The van der Waals surface area contributed by atoms with Crippen molar-refractivity contribution < 1.29 is 4.79 Å². The van der Waals surface area contributed by atoms with Gasteiger partial charge in [-0.2, -0.15) is 0 Å². The van der Waals surface area contributed by atoms with Crippen molar-refractivity contribution in [3.63, 3.8) is 0 Å². The van der Waals surface area contributed by atoms with Crippen LogP contribution in [0.5, 0.6) is 0 Å². The highest BCUT2D eigenvalue weighted by Crippen LogP contribution is 2.18. The van der Waals surface area contributed by atoms with Crippen LogP contribution in [0.4, 0.5) is 0 Å². The van der Waals surface area contributed by atoms with Crippen LogP contribution in [0.3, 0.4) is 0 Å². The molecule has 2 nitrogen and oxygen atoms in total. The third-order valence-electron chi connectivity index (χ3n) is 3.44. The minimum absolute atomic E-state index is 0.160. The van der Waals surface area contributed by atoms with Crippen molar-refractivity contribution in [3.05, 3.63) is 35.9 Å². The summed E-state index contributed by atoms with van der Waals surface area (Å²) >= 11 is 0. The van der Waals surface area contributed by atoms with Crippen LogP contribution in [0.1, 0.15) is 58.4 Å². The fourth-order valence-corrected chi connectivity index (χ4v) is 2.17. The van der Waals surface area contributed by atoms with Gasteiger partial charge in [-0.3, -0.25) is 4.79 Å². The summed E-state index contributed by atoms with van der Waals surface area (Å²) < 4.78 is 0. The lowest BCUT2D eigenvalue weighted by atomic mass is 9.97. The Hall–Kier alpha value is -1.31. The Balaban J connectivity index is 2.34. The average Bonchev–Trinajstić information content (AvgIpc) is 2.37. The molecule has 0 spiro atoms. The Kier molecular flexibility index (Phi) is 6.61. The number of carbonyl (C=O) groups is 1. The number of benzene rings is 1.